The normalized spacial score (nSPS) is 18.8. The van der Waals surface area contributed by atoms with Crippen LogP contribution in [0.3, 0.4) is 0 Å². The monoisotopic (exact) mass is 376 g/mol. The van der Waals surface area contributed by atoms with Crippen LogP contribution in [0.4, 0.5) is 17.6 Å². The molecule has 3 nitrogen and oxygen atoms in total. The smallest absolute Gasteiger partial charge is 0.350 e. The fraction of sp³-hybridized carbons (Fsp3) is 0.529. The van der Waals surface area contributed by atoms with Crippen molar-refractivity contribution in [3.63, 3.8) is 0 Å². The zero-order chi connectivity index (χ0) is 18.8. The fourth-order valence-corrected chi connectivity index (χ4v) is 3.63. The van der Waals surface area contributed by atoms with Crippen LogP contribution in [0.5, 0.6) is 0 Å². The van der Waals surface area contributed by atoms with Gasteiger partial charge in [0, 0.05) is 17.8 Å². The van der Waals surface area contributed by atoms with E-state index in [9.17, 15) is 22.4 Å². The van der Waals surface area contributed by atoms with Crippen molar-refractivity contribution in [3.8, 4) is 0 Å². The van der Waals surface area contributed by atoms with Crippen molar-refractivity contribution in [1.29, 1.82) is 0 Å². The van der Waals surface area contributed by atoms with Crippen molar-refractivity contribution in [2.45, 2.75) is 44.5 Å². The first-order valence-corrected chi connectivity index (χ1v) is 8.79. The van der Waals surface area contributed by atoms with Crippen LogP contribution >= 0.6 is 11.8 Å². The highest BCUT2D eigenvalue weighted by Crippen LogP contribution is 2.36. The van der Waals surface area contributed by atoms with Crippen molar-refractivity contribution in [2.75, 3.05) is 13.1 Å². The van der Waals surface area contributed by atoms with Gasteiger partial charge in [0.1, 0.15) is 5.82 Å². The second-order valence-corrected chi connectivity index (χ2v) is 8.20. The van der Waals surface area contributed by atoms with Crippen molar-refractivity contribution < 1.29 is 22.4 Å². The molecule has 138 valence electrons. The third-order valence-corrected chi connectivity index (χ3v) is 4.93. The number of amidine groups is 1. The molecule has 0 bridgehead atoms. The van der Waals surface area contributed by atoms with Gasteiger partial charge in [-0.05, 0) is 38.5 Å². The lowest BCUT2D eigenvalue weighted by atomic mass is 10.1. The number of benzene rings is 1. The van der Waals surface area contributed by atoms with E-state index in [0.29, 0.717) is 36.5 Å². The van der Waals surface area contributed by atoms with Gasteiger partial charge in [-0.3, -0.25) is 4.79 Å². The molecule has 0 saturated carbocycles. The molecule has 0 radical (unpaired) electrons. The number of hydrogen-bond acceptors (Lipinski definition) is 2. The van der Waals surface area contributed by atoms with E-state index in [4.69, 9.17) is 0 Å². The molecule has 0 spiro atoms. The predicted molar refractivity (Wildman–Crippen MR) is 91.3 cm³/mol. The van der Waals surface area contributed by atoms with E-state index in [1.54, 1.807) is 0 Å². The largest absolute Gasteiger partial charge is 0.416 e. The molecule has 0 unspecified atom stereocenters. The lowest BCUT2D eigenvalue weighted by molar-refractivity contribution is -0.137. The number of halogens is 4. The van der Waals surface area contributed by atoms with Gasteiger partial charge in [-0.2, -0.15) is 18.2 Å². The molecule has 1 saturated heterocycles. The zero-order valence-electron chi connectivity index (χ0n) is 14.3. The molecule has 1 aromatic carbocycles. The first kappa shape index (κ1) is 19.8. The molecule has 1 amide bonds. The van der Waals surface area contributed by atoms with E-state index in [2.05, 4.69) is 4.99 Å². The van der Waals surface area contributed by atoms with E-state index >= 15 is 0 Å². The summed E-state index contributed by atoms with van der Waals surface area (Å²) >= 11 is 1.38. The van der Waals surface area contributed by atoms with Gasteiger partial charge in [0.15, 0.2) is 5.17 Å². The summed E-state index contributed by atoms with van der Waals surface area (Å²) in [6.07, 6.45) is -2.78. The number of alkyl halides is 3. The average Bonchev–Trinajstić information content (AvgIpc) is 2.78. The Kier molecular flexibility index (Phi) is 5.81. The van der Waals surface area contributed by atoms with Crippen molar-refractivity contribution in [1.82, 2.24) is 4.90 Å². The maximum atomic E-state index is 13.9. The Labute approximate surface area is 148 Å². The quantitative estimate of drug-likeness (QED) is 0.696. The van der Waals surface area contributed by atoms with Crippen LogP contribution < -0.4 is 0 Å². The maximum Gasteiger partial charge on any atom is 0.416 e. The van der Waals surface area contributed by atoms with E-state index in [1.165, 1.54) is 11.8 Å². The standard InChI is InChI=1S/C17H20F4N2OS/c1-4-5-8-23-10-16(2,3)25-15(23)22-14(24)12-9-11(17(19,20)21)6-7-13(12)18/h6-7,9H,4-5,8,10H2,1-3H3. The zero-order valence-corrected chi connectivity index (χ0v) is 15.1. The van der Waals surface area contributed by atoms with Crippen molar-refractivity contribution >= 4 is 22.8 Å². The molecule has 1 aliphatic rings. The van der Waals surface area contributed by atoms with Gasteiger partial charge in [0.25, 0.3) is 5.91 Å². The molecule has 0 N–H and O–H groups in total. The van der Waals surface area contributed by atoms with Gasteiger partial charge in [-0.1, -0.05) is 25.1 Å². The van der Waals surface area contributed by atoms with Gasteiger partial charge in [-0.25, -0.2) is 4.39 Å². The summed E-state index contributed by atoms with van der Waals surface area (Å²) in [4.78, 5) is 18.1. The summed E-state index contributed by atoms with van der Waals surface area (Å²) in [5, 5.41) is 0.431. The minimum atomic E-state index is -4.65. The number of hydrogen-bond donors (Lipinski definition) is 0. The molecule has 2 rings (SSSR count). The van der Waals surface area contributed by atoms with Crippen LogP contribution in [0.25, 0.3) is 0 Å². The van der Waals surface area contributed by atoms with Gasteiger partial charge in [0.2, 0.25) is 0 Å². The summed E-state index contributed by atoms with van der Waals surface area (Å²) in [6.45, 7) is 7.40. The topological polar surface area (TPSA) is 32.7 Å². The van der Waals surface area contributed by atoms with Gasteiger partial charge < -0.3 is 4.90 Å². The summed E-state index contributed by atoms with van der Waals surface area (Å²) in [7, 11) is 0. The number of thioether (sulfide) groups is 1. The summed E-state index contributed by atoms with van der Waals surface area (Å²) in [6, 6.07) is 1.78. The number of amides is 1. The second-order valence-electron chi connectivity index (χ2n) is 6.53. The molecule has 1 fully saturated rings. The number of carbonyl (C=O) groups excluding carboxylic acids is 1. The lowest BCUT2D eigenvalue weighted by Gasteiger charge is -2.19. The third kappa shape index (κ3) is 4.96. The second kappa shape index (κ2) is 7.35. The van der Waals surface area contributed by atoms with Crippen LogP contribution in [0.15, 0.2) is 23.2 Å². The predicted octanol–water partition coefficient (Wildman–Crippen LogP) is 4.97. The van der Waals surface area contributed by atoms with Gasteiger partial charge in [-0.15, -0.1) is 0 Å². The number of nitrogens with zero attached hydrogens (tertiary/aromatic N) is 2. The number of aliphatic imine (C=N–C) groups is 1. The molecule has 1 heterocycles. The van der Waals surface area contributed by atoms with Crippen LogP contribution in [0, 0.1) is 5.82 Å². The van der Waals surface area contributed by atoms with Gasteiger partial charge in [0.05, 0.1) is 11.1 Å². The van der Waals surface area contributed by atoms with Crippen LogP contribution in [0.1, 0.15) is 49.5 Å². The van der Waals surface area contributed by atoms with E-state index in [0.717, 1.165) is 12.8 Å². The first-order valence-electron chi connectivity index (χ1n) is 7.97. The van der Waals surface area contributed by atoms with Gasteiger partial charge >= 0.3 is 6.18 Å². The highest BCUT2D eigenvalue weighted by molar-refractivity contribution is 8.15. The summed E-state index contributed by atoms with van der Waals surface area (Å²) in [5.41, 5.74) is -1.73. The Balaban J connectivity index is 2.32. The lowest BCUT2D eigenvalue weighted by Crippen LogP contribution is -2.30. The van der Waals surface area contributed by atoms with E-state index in [-0.39, 0.29) is 4.75 Å². The van der Waals surface area contributed by atoms with Crippen LogP contribution in [0.2, 0.25) is 0 Å². The Hall–Kier alpha value is -1.57. The molecule has 1 aliphatic heterocycles. The van der Waals surface area contributed by atoms with Crippen LogP contribution in [-0.4, -0.2) is 33.8 Å². The highest BCUT2D eigenvalue weighted by atomic mass is 32.2. The maximum absolute atomic E-state index is 13.9. The molecule has 0 aromatic heterocycles. The molecule has 25 heavy (non-hydrogen) atoms. The number of rotatable bonds is 4. The van der Waals surface area contributed by atoms with Crippen molar-refractivity contribution in [2.24, 2.45) is 4.99 Å². The minimum absolute atomic E-state index is 0.167. The molecular formula is C17H20F4N2OS. The summed E-state index contributed by atoms with van der Waals surface area (Å²) in [5.74, 6) is -2.00. The number of unbranched alkanes of at least 4 members (excludes halogenated alkanes) is 1. The Morgan fingerprint density at radius 1 is 1.36 bits per heavy atom. The molecule has 8 heteroatoms. The SMILES string of the molecule is CCCCN1CC(C)(C)SC1=NC(=O)c1cc(C(F)(F)F)ccc1F. The Morgan fingerprint density at radius 2 is 2.04 bits per heavy atom. The third-order valence-electron chi connectivity index (χ3n) is 3.71. The van der Waals surface area contributed by atoms with E-state index in [1.807, 2.05) is 25.7 Å². The minimum Gasteiger partial charge on any atom is -0.350 e. The average molecular weight is 376 g/mol. The van der Waals surface area contributed by atoms with Crippen molar-refractivity contribution in [3.05, 3.63) is 35.1 Å². The molecule has 1 aromatic rings. The molecular weight excluding hydrogens is 356 g/mol. The summed E-state index contributed by atoms with van der Waals surface area (Å²) < 4.78 is 52.1. The first-order chi connectivity index (χ1) is 11.5. The fourth-order valence-electron chi connectivity index (χ4n) is 2.50. The number of carbonyl (C=O) groups is 1. The van der Waals surface area contributed by atoms with Crippen LogP contribution in [-0.2, 0) is 6.18 Å². The highest BCUT2D eigenvalue weighted by Gasteiger charge is 2.36. The Morgan fingerprint density at radius 3 is 2.64 bits per heavy atom. The Bertz CT molecular complexity index is 686. The van der Waals surface area contributed by atoms with E-state index < -0.39 is 29.0 Å². The molecule has 0 aliphatic carbocycles. The molecule has 0 atom stereocenters.